The van der Waals surface area contributed by atoms with Crippen LogP contribution in [0.2, 0.25) is 0 Å². The van der Waals surface area contributed by atoms with E-state index < -0.39 is 6.09 Å². The van der Waals surface area contributed by atoms with Crippen LogP contribution >= 0.6 is 0 Å². The smallest absolute Gasteiger partial charge is 0.409 e. The molecule has 0 saturated heterocycles. The van der Waals surface area contributed by atoms with E-state index in [9.17, 15) is 9.59 Å². The van der Waals surface area contributed by atoms with E-state index in [1.807, 2.05) is 6.92 Å². The van der Waals surface area contributed by atoms with Gasteiger partial charge in [0, 0.05) is 13.1 Å². The second kappa shape index (κ2) is 8.84. The molecule has 100 valence electrons. The lowest BCUT2D eigenvalue weighted by Crippen LogP contribution is -2.37. The summed E-state index contributed by atoms with van der Waals surface area (Å²) >= 11 is 0. The van der Waals surface area contributed by atoms with Gasteiger partial charge in [0.2, 0.25) is 0 Å². The number of carbonyl (C=O) groups excluding carboxylic acids is 2. The number of ether oxygens (including phenoxy) is 2. The summed E-state index contributed by atoms with van der Waals surface area (Å²) in [5, 5.41) is 0. The first-order valence-electron chi connectivity index (χ1n) is 6.08. The van der Waals surface area contributed by atoms with Crippen LogP contribution in [0, 0.1) is 0 Å². The van der Waals surface area contributed by atoms with Crippen molar-refractivity contribution < 1.29 is 19.1 Å². The zero-order valence-electron chi connectivity index (χ0n) is 11.2. The third-order valence-corrected chi connectivity index (χ3v) is 2.44. The Labute approximate surface area is 103 Å². The Morgan fingerprint density at radius 2 is 1.88 bits per heavy atom. The highest BCUT2D eigenvalue weighted by Gasteiger charge is 2.19. The summed E-state index contributed by atoms with van der Waals surface area (Å²) in [5.74, 6) is -0.276. The largest absolute Gasteiger partial charge is 0.466 e. The monoisotopic (exact) mass is 245 g/mol. The summed E-state index contributed by atoms with van der Waals surface area (Å²) in [6, 6.07) is -0.219. The van der Waals surface area contributed by atoms with Crippen LogP contribution < -0.4 is 0 Å². The summed E-state index contributed by atoms with van der Waals surface area (Å²) in [7, 11) is 1.61. The molecular weight excluding hydrogens is 222 g/mol. The number of esters is 1. The summed E-state index contributed by atoms with van der Waals surface area (Å²) < 4.78 is 9.87. The summed E-state index contributed by atoms with van der Waals surface area (Å²) in [6.07, 6.45) is 1.64. The van der Waals surface area contributed by atoms with Gasteiger partial charge < -0.3 is 14.4 Å². The molecule has 0 aliphatic heterocycles. The standard InChI is InChI=1S/C12H23NO4/c1-5-7-8-17-11(14)9-10(3)13(4)12(15)16-6-2/h10H,5-9H2,1-4H3. The average molecular weight is 245 g/mol. The highest BCUT2D eigenvalue weighted by Crippen LogP contribution is 2.05. The summed E-state index contributed by atoms with van der Waals surface area (Å²) in [5.41, 5.74) is 0. The molecule has 0 saturated carbocycles. The van der Waals surface area contributed by atoms with Crippen LogP contribution in [0.5, 0.6) is 0 Å². The van der Waals surface area contributed by atoms with E-state index in [1.54, 1.807) is 20.9 Å². The maximum atomic E-state index is 11.4. The van der Waals surface area contributed by atoms with Gasteiger partial charge in [0.15, 0.2) is 0 Å². The molecule has 5 nitrogen and oxygen atoms in total. The van der Waals surface area contributed by atoms with Gasteiger partial charge in [-0.1, -0.05) is 13.3 Å². The van der Waals surface area contributed by atoms with Crippen molar-refractivity contribution in [2.24, 2.45) is 0 Å². The van der Waals surface area contributed by atoms with Crippen LogP contribution in [0.25, 0.3) is 0 Å². The predicted octanol–water partition coefficient (Wildman–Crippen LogP) is 2.20. The first kappa shape index (κ1) is 15.7. The van der Waals surface area contributed by atoms with Crippen LogP contribution in [-0.4, -0.2) is 43.3 Å². The van der Waals surface area contributed by atoms with Crippen molar-refractivity contribution in [3.05, 3.63) is 0 Å². The maximum Gasteiger partial charge on any atom is 0.409 e. The van der Waals surface area contributed by atoms with E-state index in [-0.39, 0.29) is 18.4 Å². The fraction of sp³-hybridized carbons (Fsp3) is 0.833. The van der Waals surface area contributed by atoms with Gasteiger partial charge in [-0.2, -0.15) is 0 Å². The lowest BCUT2D eigenvalue weighted by molar-refractivity contribution is -0.144. The number of hydrogen-bond acceptors (Lipinski definition) is 4. The van der Waals surface area contributed by atoms with E-state index in [0.29, 0.717) is 13.2 Å². The second-order valence-electron chi connectivity index (χ2n) is 3.94. The molecule has 0 aromatic heterocycles. The molecule has 17 heavy (non-hydrogen) atoms. The first-order valence-corrected chi connectivity index (χ1v) is 6.08. The number of nitrogens with zero attached hydrogens (tertiary/aromatic N) is 1. The number of rotatable bonds is 7. The normalized spacial score (nSPS) is 11.8. The van der Waals surface area contributed by atoms with Crippen molar-refractivity contribution in [1.29, 1.82) is 0 Å². The topological polar surface area (TPSA) is 55.8 Å². The van der Waals surface area contributed by atoms with E-state index in [2.05, 4.69) is 0 Å². The molecule has 0 rings (SSSR count). The van der Waals surface area contributed by atoms with E-state index in [1.165, 1.54) is 4.90 Å². The van der Waals surface area contributed by atoms with Gasteiger partial charge in [-0.25, -0.2) is 4.79 Å². The number of unbranched alkanes of at least 4 members (excludes halogenated alkanes) is 1. The zero-order chi connectivity index (χ0) is 13.3. The Morgan fingerprint density at radius 1 is 1.24 bits per heavy atom. The van der Waals surface area contributed by atoms with Gasteiger partial charge in [0.25, 0.3) is 0 Å². The fourth-order valence-corrected chi connectivity index (χ4v) is 1.17. The number of carbonyl (C=O) groups is 2. The lowest BCUT2D eigenvalue weighted by atomic mass is 10.2. The second-order valence-corrected chi connectivity index (χ2v) is 3.94. The summed E-state index contributed by atoms with van der Waals surface area (Å²) in [6.45, 7) is 6.35. The predicted molar refractivity (Wildman–Crippen MR) is 64.7 cm³/mol. The minimum atomic E-state index is -0.415. The van der Waals surface area contributed by atoms with E-state index >= 15 is 0 Å². The fourth-order valence-electron chi connectivity index (χ4n) is 1.17. The Bertz CT molecular complexity index is 243. The maximum absolute atomic E-state index is 11.4. The molecular formula is C12H23NO4. The third kappa shape index (κ3) is 6.81. The van der Waals surface area contributed by atoms with Crippen LogP contribution in [-0.2, 0) is 14.3 Å². The molecule has 0 fully saturated rings. The lowest BCUT2D eigenvalue weighted by Gasteiger charge is -2.23. The van der Waals surface area contributed by atoms with Crippen LogP contribution in [0.4, 0.5) is 4.79 Å². The van der Waals surface area contributed by atoms with Gasteiger partial charge in [-0.3, -0.25) is 4.79 Å². The molecule has 1 atom stereocenters. The van der Waals surface area contributed by atoms with Crippen LogP contribution in [0.3, 0.4) is 0 Å². The SMILES string of the molecule is CCCCOC(=O)CC(C)N(C)C(=O)OCC. The molecule has 0 N–H and O–H groups in total. The highest BCUT2D eigenvalue weighted by molar-refractivity contribution is 5.72. The Hall–Kier alpha value is -1.26. The van der Waals surface area contributed by atoms with Gasteiger partial charge in [-0.15, -0.1) is 0 Å². The van der Waals surface area contributed by atoms with Crippen molar-refractivity contribution in [3.63, 3.8) is 0 Å². The third-order valence-electron chi connectivity index (χ3n) is 2.44. The highest BCUT2D eigenvalue weighted by atomic mass is 16.6. The Morgan fingerprint density at radius 3 is 2.41 bits per heavy atom. The molecule has 0 aliphatic rings. The van der Waals surface area contributed by atoms with Crippen molar-refractivity contribution in [1.82, 2.24) is 4.90 Å². The Balaban J connectivity index is 3.93. The van der Waals surface area contributed by atoms with Gasteiger partial charge in [0.1, 0.15) is 0 Å². The molecule has 0 aromatic carbocycles. The number of amides is 1. The molecule has 0 spiro atoms. The minimum absolute atomic E-state index is 0.193. The molecule has 0 aliphatic carbocycles. The molecule has 1 amide bonds. The number of hydrogen-bond donors (Lipinski definition) is 0. The van der Waals surface area contributed by atoms with Crippen LogP contribution in [0.1, 0.15) is 40.0 Å². The van der Waals surface area contributed by atoms with E-state index in [4.69, 9.17) is 9.47 Å². The molecule has 1 unspecified atom stereocenters. The van der Waals surface area contributed by atoms with Gasteiger partial charge >= 0.3 is 12.1 Å². The van der Waals surface area contributed by atoms with E-state index in [0.717, 1.165) is 12.8 Å². The van der Waals surface area contributed by atoms with Crippen molar-refractivity contribution in [2.75, 3.05) is 20.3 Å². The van der Waals surface area contributed by atoms with Gasteiger partial charge in [0.05, 0.1) is 19.6 Å². The minimum Gasteiger partial charge on any atom is -0.466 e. The Kier molecular flexibility index (Phi) is 8.19. The van der Waals surface area contributed by atoms with Crippen molar-refractivity contribution >= 4 is 12.1 Å². The quantitative estimate of drug-likeness (QED) is 0.509. The average Bonchev–Trinajstić information content (AvgIpc) is 2.28. The molecule has 0 aromatic rings. The van der Waals surface area contributed by atoms with Crippen LogP contribution in [0.15, 0.2) is 0 Å². The van der Waals surface area contributed by atoms with Crippen molar-refractivity contribution in [2.45, 2.75) is 46.1 Å². The first-order chi connectivity index (χ1) is 8.02. The van der Waals surface area contributed by atoms with Crippen molar-refractivity contribution in [3.8, 4) is 0 Å². The summed E-state index contributed by atoms with van der Waals surface area (Å²) in [4.78, 5) is 24.2. The molecule has 0 bridgehead atoms. The zero-order valence-corrected chi connectivity index (χ0v) is 11.2. The molecule has 5 heteroatoms. The molecule has 0 radical (unpaired) electrons. The molecule has 0 heterocycles. The van der Waals surface area contributed by atoms with Gasteiger partial charge in [-0.05, 0) is 20.3 Å².